The Kier molecular flexibility index (Phi) is 6.18. The number of carbonyl (C=O) groups excluding carboxylic acids is 1. The number of rotatable bonds is 7. The zero-order chi connectivity index (χ0) is 14.0. The van der Waals surface area contributed by atoms with Crippen LogP contribution in [-0.2, 0) is 11.2 Å². The van der Waals surface area contributed by atoms with Gasteiger partial charge in [-0.1, -0.05) is 48.5 Å². The van der Waals surface area contributed by atoms with Crippen LogP contribution in [0, 0.1) is 0 Å². The molecule has 0 fully saturated rings. The van der Waals surface area contributed by atoms with Crippen molar-refractivity contribution in [2.45, 2.75) is 17.7 Å². The second-order valence-electron chi connectivity index (χ2n) is 4.54. The Morgan fingerprint density at radius 1 is 0.950 bits per heavy atom. The molecule has 0 spiro atoms. The summed E-state index contributed by atoms with van der Waals surface area (Å²) in [6, 6.07) is 20.3. The number of amides is 1. The Bertz CT molecular complexity index is 513. The van der Waals surface area contributed by atoms with Crippen molar-refractivity contribution in [3.05, 3.63) is 66.2 Å². The fraction of sp³-hybridized carbons (Fsp3) is 0.235. The Hall–Kier alpha value is -1.74. The summed E-state index contributed by atoms with van der Waals surface area (Å²) < 4.78 is 0. The van der Waals surface area contributed by atoms with E-state index >= 15 is 0 Å². The molecule has 0 saturated carbocycles. The van der Waals surface area contributed by atoms with Gasteiger partial charge >= 0.3 is 0 Å². The van der Waals surface area contributed by atoms with Crippen molar-refractivity contribution in [1.29, 1.82) is 0 Å². The average molecular weight is 285 g/mol. The first kappa shape index (κ1) is 14.7. The van der Waals surface area contributed by atoms with E-state index < -0.39 is 0 Å². The molecule has 0 aromatic heterocycles. The summed E-state index contributed by atoms with van der Waals surface area (Å²) in [5.74, 6) is 0.585. The Morgan fingerprint density at radius 3 is 2.30 bits per heavy atom. The third kappa shape index (κ3) is 5.49. The first-order valence-corrected chi connectivity index (χ1v) is 7.81. The van der Waals surface area contributed by atoms with Gasteiger partial charge in [0.25, 0.3) is 0 Å². The van der Waals surface area contributed by atoms with Gasteiger partial charge in [0, 0.05) is 11.4 Å². The monoisotopic (exact) mass is 285 g/mol. The molecule has 0 bridgehead atoms. The van der Waals surface area contributed by atoms with E-state index in [2.05, 4.69) is 17.4 Å². The second-order valence-corrected chi connectivity index (χ2v) is 5.59. The number of carbonyl (C=O) groups is 1. The number of hydrogen-bond acceptors (Lipinski definition) is 2. The molecular weight excluding hydrogens is 266 g/mol. The summed E-state index contributed by atoms with van der Waals surface area (Å²) in [5, 5.41) is 2.96. The van der Waals surface area contributed by atoms with Gasteiger partial charge in [-0.25, -0.2) is 0 Å². The molecule has 2 rings (SSSR count). The molecule has 0 aliphatic heterocycles. The van der Waals surface area contributed by atoms with Gasteiger partial charge in [0.2, 0.25) is 5.91 Å². The third-order valence-electron chi connectivity index (χ3n) is 2.92. The molecular formula is C17H19NOS. The van der Waals surface area contributed by atoms with E-state index in [1.54, 1.807) is 11.8 Å². The van der Waals surface area contributed by atoms with E-state index in [4.69, 9.17) is 0 Å². The maximum absolute atomic E-state index is 11.7. The highest BCUT2D eigenvalue weighted by atomic mass is 32.2. The van der Waals surface area contributed by atoms with Gasteiger partial charge in [-0.15, -0.1) is 11.8 Å². The zero-order valence-corrected chi connectivity index (χ0v) is 12.2. The molecule has 0 heterocycles. The van der Waals surface area contributed by atoms with E-state index in [1.165, 1.54) is 5.56 Å². The lowest BCUT2D eigenvalue weighted by Gasteiger charge is -2.05. The molecule has 0 unspecified atom stereocenters. The van der Waals surface area contributed by atoms with Gasteiger partial charge in [0.05, 0.1) is 5.75 Å². The molecule has 2 aromatic carbocycles. The minimum Gasteiger partial charge on any atom is -0.355 e. The van der Waals surface area contributed by atoms with Crippen LogP contribution < -0.4 is 5.32 Å². The topological polar surface area (TPSA) is 29.1 Å². The van der Waals surface area contributed by atoms with Crippen LogP contribution in [0.25, 0.3) is 0 Å². The lowest BCUT2D eigenvalue weighted by atomic mass is 10.1. The lowest BCUT2D eigenvalue weighted by Crippen LogP contribution is -2.26. The molecule has 104 valence electrons. The second kappa shape index (κ2) is 8.43. The molecule has 0 atom stereocenters. The van der Waals surface area contributed by atoms with E-state index in [1.807, 2.05) is 48.5 Å². The van der Waals surface area contributed by atoms with Gasteiger partial charge in [0.1, 0.15) is 0 Å². The van der Waals surface area contributed by atoms with Gasteiger partial charge < -0.3 is 5.32 Å². The predicted molar refractivity (Wildman–Crippen MR) is 84.9 cm³/mol. The summed E-state index contributed by atoms with van der Waals surface area (Å²) in [6.45, 7) is 0.739. The highest BCUT2D eigenvalue weighted by molar-refractivity contribution is 8.00. The SMILES string of the molecule is O=C(CSc1ccccc1)NCCCc1ccccc1. The predicted octanol–water partition coefficient (Wildman–Crippen LogP) is 3.53. The summed E-state index contributed by atoms with van der Waals surface area (Å²) in [5.41, 5.74) is 1.32. The van der Waals surface area contributed by atoms with Gasteiger partial charge in [-0.2, -0.15) is 0 Å². The molecule has 0 saturated heterocycles. The van der Waals surface area contributed by atoms with Crippen LogP contribution >= 0.6 is 11.8 Å². The first-order valence-electron chi connectivity index (χ1n) is 6.83. The molecule has 2 aromatic rings. The van der Waals surface area contributed by atoms with Crippen molar-refractivity contribution in [3.63, 3.8) is 0 Å². The van der Waals surface area contributed by atoms with E-state index in [0.29, 0.717) is 5.75 Å². The van der Waals surface area contributed by atoms with Crippen molar-refractivity contribution in [2.75, 3.05) is 12.3 Å². The van der Waals surface area contributed by atoms with Gasteiger partial charge in [0.15, 0.2) is 0 Å². The van der Waals surface area contributed by atoms with Crippen LogP contribution in [0.15, 0.2) is 65.6 Å². The quantitative estimate of drug-likeness (QED) is 0.623. The molecule has 1 N–H and O–H groups in total. The molecule has 2 nitrogen and oxygen atoms in total. The smallest absolute Gasteiger partial charge is 0.230 e. The Balaban J connectivity index is 1.59. The van der Waals surface area contributed by atoms with Crippen molar-refractivity contribution in [3.8, 4) is 0 Å². The number of aryl methyl sites for hydroxylation is 1. The Labute approximate surface area is 124 Å². The zero-order valence-electron chi connectivity index (χ0n) is 11.4. The summed E-state index contributed by atoms with van der Waals surface area (Å²) in [4.78, 5) is 12.8. The normalized spacial score (nSPS) is 10.2. The van der Waals surface area contributed by atoms with Crippen LogP contribution in [-0.4, -0.2) is 18.2 Å². The Morgan fingerprint density at radius 2 is 1.60 bits per heavy atom. The highest BCUT2D eigenvalue weighted by Gasteiger charge is 2.01. The minimum atomic E-state index is 0.104. The maximum atomic E-state index is 11.7. The maximum Gasteiger partial charge on any atom is 0.230 e. The fourth-order valence-electron chi connectivity index (χ4n) is 1.88. The van der Waals surface area contributed by atoms with E-state index in [-0.39, 0.29) is 5.91 Å². The number of nitrogens with one attached hydrogen (secondary N) is 1. The van der Waals surface area contributed by atoms with Gasteiger partial charge in [-0.05, 0) is 30.5 Å². The van der Waals surface area contributed by atoms with Gasteiger partial charge in [-0.3, -0.25) is 4.79 Å². The highest BCUT2D eigenvalue weighted by Crippen LogP contribution is 2.16. The van der Waals surface area contributed by atoms with Crippen molar-refractivity contribution in [2.24, 2.45) is 0 Å². The molecule has 1 amide bonds. The van der Waals surface area contributed by atoms with Crippen molar-refractivity contribution >= 4 is 17.7 Å². The summed E-state index contributed by atoms with van der Waals surface area (Å²) in [7, 11) is 0. The molecule has 0 radical (unpaired) electrons. The number of hydrogen-bond donors (Lipinski definition) is 1. The number of benzene rings is 2. The standard InChI is InChI=1S/C17H19NOS/c19-17(14-20-16-11-5-2-6-12-16)18-13-7-10-15-8-3-1-4-9-15/h1-6,8-9,11-12H,7,10,13-14H2,(H,18,19). The van der Waals surface area contributed by atoms with Crippen molar-refractivity contribution in [1.82, 2.24) is 5.32 Å². The van der Waals surface area contributed by atoms with Crippen LogP contribution in [0.3, 0.4) is 0 Å². The van der Waals surface area contributed by atoms with E-state index in [9.17, 15) is 4.79 Å². The van der Waals surface area contributed by atoms with Crippen LogP contribution in [0.2, 0.25) is 0 Å². The van der Waals surface area contributed by atoms with E-state index in [0.717, 1.165) is 24.3 Å². The van der Waals surface area contributed by atoms with Crippen LogP contribution in [0.4, 0.5) is 0 Å². The largest absolute Gasteiger partial charge is 0.355 e. The minimum absolute atomic E-state index is 0.104. The first-order chi connectivity index (χ1) is 9.84. The number of thioether (sulfide) groups is 1. The fourth-order valence-corrected chi connectivity index (χ4v) is 2.63. The van der Waals surface area contributed by atoms with Crippen LogP contribution in [0.5, 0.6) is 0 Å². The molecule has 20 heavy (non-hydrogen) atoms. The summed E-state index contributed by atoms with van der Waals surface area (Å²) in [6.07, 6.45) is 1.98. The van der Waals surface area contributed by atoms with Crippen LogP contribution in [0.1, 0.15) is 12.0 Å². The molecule has 3 heteroatoms. The lowest BCUT2D eigenvalue weighted by molar-refractivity contribution is -0.118. The third-order valence-corrected chi connectivity index (χ3v) is 3.93. The van der Waals surface area contributed by atoms with Crippen molar-refractivity contribution < 1.29 is 4.79 Å². The molecule has 0 aliphatic carbocycles. The molecule has 0 aliphatic rings. The summed E-state index contributed by atoms with van der Waals surface area (Å²) >= 11 is 1.57. The average Bonchev–Trinajstić information content (AvgIpc) is 2.52.